The van der Waals surface area contributed by atoms with E-state index in [4.69, 9.17) is 17.3 Å². The summed E-state index contributed by atoms with van der Waals surface area (Å²) < 4.78 is 0. The SMILES string of the molecule is NCCCCCNc1ccc(Cl)cc1. The van der Waals surface area contributed by atoms with Crippen LogP contribution in [0.3, 0.4) is 0 Å². The number of nitrogens with one attached hydrogen (secondary N) is 1. The molecule has 3 N–H and O–H groups in total. The molecule has 0 saturated carbocycles. The Hall–Kier alpha value is -0.730. The van der Waals surface area contributed by atoms with Gasteiger partial charge in [-0.05, 0) is 43.7 Å². The van der Waals surface area contributed by atoms with Crippen LogP contribution in [0.2, 0.25) is 5.02 Å². The second-order valence-electron chi connectivity index (χ2n) is 3.28. The quantitative estimate of drug-likeness (QED) is 0.712. The van der Waals surface area contributed by atoms with Crippen LogP contribution in [0.4, 0.5) is 5.69 Å². The fourth-order valence-corrected chi connectivity index (χ4v) is 1.37. The van der Waals surface area contributed by atoms with Crippen molar-refractivity contribution < 1.29 is 0 Å². The van der Waals surface area contributed by atoms with Gasteiger partial charge in [0.1, 0.15) is 0 Å². The van der Waals surface area contributed by atoms with E-state index in [1.165, 1.54) is 12.8 Å². The van der Waals surface area contributed by atoms with Crippen molar-refractivity contribution in [3.05, 3.63) is 29.3 Å². The lowest BCUT2D eigenvalue weighted by atomic mass is 10.2. The summed E-state index contributed by atoms with van der Waals surface area (Å²) in [6.45, 7) is 1.79. The number of unbranched alkanes of at least 4 members (excludes halogenated alkanes) is 2. The second-order valence-corrected chi connectivity index (χ2v) is 3.72. The summed E-state index contributed by atoms with van der Waals surface area (Å²) in [7, 11) is 0. The van der Waals surface area contributed by atoms with E-state index in [0.29, 0.717) is 0 Å². The Kier molecular flexibility index (Phi) is 5.42. The first-order valence-corrected chi connectivity index (χ1v) is 5.40. The maximum atomic E-state index is 5.77. The lowest BCUT2D eigenvalue weighted by Crippen LogP contribution is -2.03. The van der Waals surface area contributed by atoms with E-state index in [1.54, 1.807) is 0 Å². The topological polar surface area (TPSA) is 38.0 Å². The van der Waals surface area contributed by atoms with Gasteiger partial charge in [-0.25, -0.2) is 0 Å². The fourth-order valence-electron chi connectivity index (χ4n) is 1.25. The number of halogens is 1. The Morgan fingerprint density at radius 3 is 2.43 bits per heavy atom. The molecule has 0 heterocycles. The lowest BCUT2D eigenvalue weighted by Gasteiger charge is -2.05. The van der Waals surface area contributed by atoms with Crippen LogP contribution in [0, 0.1) is 0 Å². The molecule has 1 rings (SSSR count). The maximum Gasteiger partial charge on any atom is 0.0407 e. The third-order valence-corrected chi connectivity index (χ3v) is 2.31. The van der Waals surface area contributed by atoms with Gasteiger partial charge < -0.3 is 11.1 Å². The van der Waals surface area contributed by atoms with Crippen LogP contribution in [0.15, 0.2) is 24.3 Å². The zero-order valence-corrected chi connectivity index (χ0v) is 9.06. The van der Waals surface area contributed by atoms with E-state index in [-0.39, 0.29) is 0 Å². The second kappa shape index (κ2) is 6.68. The Morgan fingerprint density at radius 1 is 1.07 bits per heavy atom. The van der Waals surface area contributed by atoms with Crippen molar-refractivity contribution in [2.24, 2.45) is 5.73 Å². The Labute approximate surface area is 90.4 Å². The van der Waals surface area contributed by atoms with E-state index in [2.05, 4.69) is 5.32 Å². The van der Waals surface area contributed by atoms with Gasteiger partial charge in [-0.15, -0.1) is 0 Å². The molecule has 0 aliphatic heterocycles. The molecule has 0 aromatic heterocycles. The highest BCUT2D eigenvalue weighted by molar-refractivity contribution is 6.30. The van der Waals surface area contributed by atoms with Crippen molar-refractivity contribution in [1.82, 2.24) is 0 Å². The van der Waals surface area contributed by atoms with E-state index in [1.807, 2.05) is 24.3 Å². The van der Waals surface area contributed by atoms with Crippen molar-refractivity contribution in [3.63, 3.8) is 0 Å². The van der Waals surface area contributed by atoms with Gasteiger partial charge in [0.25, 0.3) is 0 Å². The molecule has 0 aliphatic carbocycles. The Morgan fingerprint density at radius 2 is 1.79 bits per heavy atom. The van der Waals surface area contributed by atoms with Crippen LogP contribution < -0.4 is 11.1 Å². The molecule has 0 amide bonds. The molecule has 0 radical (unpaired) electrons. The van der Waals surface area contributed by atoms with Crippen LogP contribution >= 0.6 is 11.6 Å². The van der Waals surface area contributed by atoms with Crippen molar-refractivity contribution in [3.8, 4) is 0 Å². The standard InChI is InChI=1S/C11H17ClN2/c12-10-4-6-11(7-5-10)14-9-3-1-2-8-13/h4-7,14H,1-3,8-9,13H2. The van der Waals surface area contributed by atoms with Gasteiger partial charge in [0.15, 0.2) is 0 Å². The minimum absolute atomic E-state index is 0.777. The number of anilines is 1. The zero-order valence-electron chi connectivity index (χ0n) is 8.30. The summed E-state index contributed by atoms with van der Waals surface area (Å²) in [6.07, 6.45) is 3.47. The molecule has 2 nitrogen and oxygen atoms in total. The number of nitrogens with two attached hydrogens (primary N) is 1. The molecular weight excluding hydrogens is 196 g/mol. The van der Waals surface area contributed by atoms with Crippen molar-refractivity contribution >= 4 is 17.3 Å². The minimum Gasteiger partial charge on any atom is -0.385 e. The highest BCUT2D eigenvalue weighted by atomic mass is 35.5. The third kappa shape index (κ3) is 4.49. The normalized spacial score (nSPS) is 10.1. The zero-order chi connectivity index (χ0) is 10.2. The Bertz CT molecular complexity index is 246. The third-order valence-electron chi connectivity index (χ3n) is 2.05. The smallest absolute Gasteiger partial charge is 0.0407 e. The summed E-state index contributed by atoms with van der Waals surface area (Å²) in [5.41, 5.74) is 6.53. The van der Waals surface area contributed by atoms with Gasteiger partial charge in [-0.1, -0.05) is 18.0 Å². The average Bonchev–Trinajstić information content (AvgIpc) is 2.21. The van der Waals surface area contributed by atoms with Crippen LogP contribution in [-0.2, 0) is 0 Å². The summed E-state index contributed by atoms with van der Waals surface area (Å²) in [6, 6.07) is 7.77. The summed E-state index contributed by atoms with van der Waals surface area (Å²) in [5.74, 6) is 0. The van der Waals surface area contributed by atoms with Gasteiger partial charge in [0, 0.05) is 17.3 Å². The molecule has 0 unspecified atom stereocenters. The molecule has 1 aromatic rings. The predicted molar refractivity (Wildman–Crippen MR) is 62.8 cm³/mol. The molecule has 1 aromatic carbocycles. The molecule has 14 heavy (non-hydrogen) atoms. The predicted octanol–water partition coefficient (Wildman–Crippen LogP) is 2.88. The molecule has 0 bridgehead atoms. The van der Waals surface area contributed by atoms with Gasteiger partial charge in [0.05, 0.1) is 0 Å². The van der Waals surface area contributed by atoms with Gasteiger partial charge in [-0.3, -0.25) is 0 Å². The van der Waals surface area contributed by atoms with E-state index < -0.39 is 0 Å². The number of hydrogen-bond donors (Lipinski definition) is 2. The summed E-state index contributed by atoms with van der Waals surface area (Å²) in [5, 5.41) is 4.11. The van der Waals surface area contributed by atoms with Crippen LogP contribution in [-0.4, -0.2) is 13.1 Å². The molecule has 3 heteroatoms. The molecule has 0 spiro atoms. The number of hydrogen-bond acceptors (Lipinski definition) is 2. The highest BCUT2D eigenvalue weighted by Gasteiger charge is 1.91. The molecular formula is C11H17ClN2. The molecule has 0 atom stereocenters. The first-order chi connectivity index (χ1) is 6.83. The fraction of sp³-hybridized carbons (Fsp3) is 0.455. The van der Waals surface area contributed by atoms with Crippen LogP contribution in [0.25, 0.3) is 0 Å². The van der Waals surface area contributed by atoms with Gasteiger partial charge in [0.2, 0.25) is 0 Å². The van der Waals surface area contributed by atoms with Crippen LogP contribution in [0.1, 0.15) is 19.3 Å². The maximum absolute atomic E-state index is 5.77. The molecule has 0 saturated heterocycles. The van der Waals surface area contributed by atoms with Crippen molar-refractivity contribution in [1.29, 1.82) is 0 Å². The summed E-state index contributed by atoms with van der Waals surface area (Å²) in [4.78, 5) is 0. The van der Waals surface area contributed by atoms with Crippen molar-refractivity contribution in [2.75, 3.05) is 18.4 Å². The van der Waals surface area contributed by atoms with E-state index in [0.717, 1.165) is 30.2 Å². The molecule has 0 fully saturated rings. The highest BCUT2D eigenvalue weighted by Crippen LogP contribution is 2.13. The average molecular weight is 213 g/mol. The lowest BCUT2D eigenvalue weighted by molar-refractivity contribution is 0.707. The summed E-state index contributed by atoms with van der Waals surface area (Å²) >= 11 is 5.77. The van der Waals surface area contributed by atoms with Crippen molar-refractivity contribution in [2.45, 2.75) is 19.3 Å². The monoisotopic (exact) mass is 212 g/mol. The molecule has 0 aliphatic rings. The van der Waals surface area contributed by atoms with E-state index >= 15 is 0 Å². The Balaban J connectivity index is 2.15. The van der Waals surface area contributed by atoms with Crippen LogP contribution in [0.5, 0.6) is 0 Å². The first kappa shape index (κ1) is 11.3. The van der Waals surface area contributed by atoms with Gasteiger partial charge >= 0.3 is 0 Å². The minimum atomic E-state index is 0.777. The number of rotatable bonds is 6. The molecule has 78 valence electrons. The number of benzene rings is 1. The largest absolute Gasteiger partial charge is 0.385 e. The van der Waals surface area contributed by atoms with Gasteiger partial charge in [-0.2, -0.15) is 0 Å². The van der Waals surface area contributed by atoms with E-state index in [9.17, 15) is 0 Å². The first-order valence-electron chi connectivity index (χ1n) is 5.02.